The van der Waals surface area contributed by atoms with Crippen LogP contribution in [0.1, 0.15) is 5.56 Å². The minimum atomic E-state index is 0.120. The van der Waals surface area contributed by atoms with Crippen molar-refractivity contribution >= 4 is 27.2 Å². The Morgan fingerprint density at radius 3 is 2.42 bits per heavy atom. The second-order valence-electron chi connectivity index (χ2n) is 5.87. The number of phenolic OH excluding ortho intramolecular Hbond substituents is 1. The molecule has 1 aliphatic heterocycles. The molecule has 3 aromatic carbocycles. The summed E-state index contributed by atoms with van der Waals surface area (Å²) in [7, 11) is 4.84. The third-order valence-electron chi connectivity index (χ3n) is 4.65. The molecular weight excluding hydrogens is 306 g/mol. The van der Waals surface area contributed by atoms with Gasteiger partial charge in [-0.25, -0.2) is 0 Å². The van der Waals surface area contributed by atoms with Crippen LogP contribution in [-0.2, 0) is 6.42 Å². The summed E-state index contributed by atoms with van der Waals surface area (Å²) in [6.07, 6.45) is 0.921. The summed E-state index contributed by atoms with van der Waals surface area (Å²) in [5.74, 6) is 1.97. The van der Waals surface area contributed by atoms with Crippen LogP contribution >= 0.6 is 0 Å². The van der Waals surface area contributed by atoms with Gasteiger partial charge in [-0.05, 0) is 47.0 Å². The molecule has 24 heavy (non-hydrogen) atoms. The van der Waals surface area contributed by atoms with Gasteiger partial charge in [0.15, 0.2) is 23.0 Å². The molecule has 1 aliphatic rings. The van der Waals surface area contributed by atoms with E-state index in [1.165, 1.54) is 5.56 Å². The fourth-order valence-corrected chi connectivity index (χ4v) is 3.59. The third kappa shape index (κ3) is 1.94. The van der Waals surface area contributed by atoms with Crippen molar-refractivity contribution in [3.8, 4) is 23.0 Å². The number of nitrogens with one attached hydrogen (secondary N) is 1. The largest absolute Gasteiger partial charge is 0.504 e. The molecule has 2 N–H and O–H groups in total. The van der Waals surface area contributed by atoms with E-state index in [1.54, 1.807) is 27.4 Å². The highest BCUT2D eigenvalue weighted by Gasteiger charge is 2.22. The Labute approximate surface area is 139 Å². The monoisotopic (exact) mass is 325 g/mol. The Morgan fingerprint density at radius 1 is 0.917 bits per heavy atom. The Morgan fingerprint density at radius 2 is 1.71 bits per heavy atom. The molecule has 0 aromatic heterocycles. The number of rotatable bonds is 3. The van der Waals surface area contributed by atoms with Gasteiger partial charge in [0.1, 0.15) is 0 Å². The number of phenols is 1. The standard InChI is InChI=1S/C19H19NO4/c1-22-15-9-12-11(7-14(15)21)6-13-17-10(4-5-20-13)8-16(23-2)19(24-3)18(12)17/h6-9,20-21H,4-5H2,1-3H3. The number of hydrogen-bond acceptors (Lipinski definition) is 5. The van der Waals surface area contributed by atoms with Crippen LogP contribution in [0.5, 0.6) is 23.0 Å². The summed E-state index contributed by atoms with van der Waals surface area (Å²) < 4.78 is 16.5. The Bertz CT molecular complexity index is 965. The van der Waals surface area contributed by atoms with E-state index < -0.39 is 0 Å². The number of aromatic hydroxyl groups is 1. The fourth-order valence-electron chi connectivity index (χ4n) is 3.59. The van der Waals surface area contributed by atoms with Crippen LogP contribution in [-0.4, -0.2) is 33.0 Å². The zero-order chi connectivity index (χ0) is 16.8. The lowest BCUT2D eigenvalue weighted by atomic mass is 9.91. The van der Waals surface area contributed by atoms with E-state index in [9.17, 15) is 5.11 Å². The van der Waals surface area contributed by atoms with Crippen LogP contribution in [0.15, 0.2) is 24.3 Å². The maximum atomic E-state index is 10.1. The van der Waals surface area contributed by atoms with E-state index in [0.717, 1.165) is 40.2 Å². The van der Waals surface area contributed by atoms with Crippen LogP contribution < -0.4 is 19.5 Å². The van der Waals surface area contributed by atoms with Gasteiger partial charge in [0.05, 0.1) is 21.3 Å². The Hall–Kier alpha value is -2.82. The van der Waals surface area contributed by atoms with Gasteiger partial charge in [-0.3, -0.25) is 0 Å². The van der Waals surface area contributed by atoms with Gasteiger partial charge in [0.2, 0.25) is 0 Å². The molecule has 0 fully saturated rings. The van der Waals surface area contributed by atoms with Crippen molar-refractivity contribution in [3.05, 3.63) is 29.8 Å². The number of ether oxygens (including phenoxy) is 3. The van der Waals surface area contributed by atoms with Crippen molar-refractivity contribution < 1.29 is 19.3 Å². The molecule has 0 spiro atoms. The van der Waals surface area contributed by atoms with E-state index in [0.29, 0.717) is 17.2 Å². The predicted molar refractivity (Wildman–Crippen MR) is 95.0 cm³/mol. The summed E-state index contributed by atoms with van der Waals surface area (Å²) in [6, 6.07) is 7.68. The van der Waals surface area contributed by atoms with Crippen LogP contribution in [0.2, 0.25) is 0 Å². The second kappa shape index (κ2) is 5.37. The molecule has 0 aliphatic carbocycles. The Kier molecular flexibility index (Phi) is 3.30. The quantitative estimate of drug-likeness (QED) is 0.719. The highest BCUT2D eigenvalue weighted by atomic mass is 16.5. The molecule has 3 aromatic rings. The average Bonchev–Trinajstić information content (AvgIpc) is 2.60. The molecule has 124 valence electrons. The first-order valence-corrected chi connectivity index (χ1v) is 7.83. The third-order valence-corrected chi connectivity index (χ3v) is 4.65. The van der Waals surface area contributed by atoms with Gasteiger partial charge in [-0.2, -0.15) is 0 Å². The summed E-state index contributed by atoms with van der Waals surface area (Å²) in [6.45, 7) is 0.866. The van der Waals surface area contributed by atoms with Crippen LogP contribution in [0.25, 0.3) is 21.5 Å². The average molecular weight is 325 g/mol. The molecule has 4 rings (SSSR count). The van der Waals surface area contributed by atoms with Gasteiger partial charge in [0.25, 0.3) is 0 Å². The SMILES string of the molecule is COc1cc2c(cc1O)cc1c3c(cc(OC)c(OC)c32)CCN1. The van der Waals surface area contributed by atoms with Crippen molar-refractivity contribution in [1.29, 1.82) is 0 Å². The number of benzene rings is 3. The Balaban J connectivity index is 2.26. The molecule has 5 heteroatoms. The second-order valence-corrected chi connectivity index (χ2v) is 5.87. The minimum Gasteiger partial charge on any atom is -0.504 e. The van der Waals surface area contributed by atoms with Crippen molar-refractivity contribution in [2.45, 2.75) is 6.42 Å². The van der Waals surface area contributed by atoms with Crippen LogP contribution in [0, 0.1) is 0 Å². The molecule has 0 unspecified atom stereocenters. The molecule has 0 radical (unpaired) electrons. The maximum Gasteiger partial charge on any atom is 0.169 e. The fraction of sp³-hybridized carbons (Fsp3) is 0.263. The van der Waals surface area contributed by atoms with Gasteiger partial charge < -0.3 is 24.6 Å². The summed E-state index contributed by atoms with van der Waals surface area (Å²) in [4.78, 5) is 0. The van der Waals surface area contributed by atoms with Gasteiger partial charge >= 0.3 is 0 Å². The lowest BCUT2D eigenvalue weighted by Gasteiger charge is -2.24. The van der Waals surface area contributed by atoms with Gasteiger partial charge in [-0.15, -0.1) is 0 Å². The van der Waals surface area contributed by atoms with Crippen molar-refractivity contribution in [2.24, 2.45) is 0 Å². The molecule has 0 saturated heterocycles. The maximum absolute atomic E-state index is 10.1. The van der Waals surface area contributed by atoms with Crippen molar-refractivity contribution in [1.82, 2.24) is 0 Å². The highest BCUT2D eigenvalue weighted by molar-refractivity contribution is 6.18. The van der Waals surface area contributed by atoms with Crippen LogP contribution in [0.3, 0.4) is 0 Å². The van der Waals surface area contributed by atoms with E-state index in [4.69, 9.17) is 14.2 Å². The smallest absolute Gasteiger partial charge is 0.169 e. The number of methoxy groups -OCH3 is 3. The van der Waals surface area contributed by atoms with E-state index in [-0.39, 0.29) is 5.75 Å². The predicted octanol–water partition coefficient (Wildman–Crippen LogP) is 3.69. The lowest BCUT2D eigenvalue weighted by molar-refractivity contribution is 0.358. The van der Waals surface area contributed by atoms with E-state index >= 15 is 0 Å². The van der Waals surface area contributed by atoms with E-state index in [2.05, 4.69) is 17.4 Å². The summed E-state index contributed by atoms with van der Waals surface area (Å²) in [5.41, 5.74) is 2.27. The number of hydrogen-bond donors (Lipinski definition) is 2. The molecule has 0 saturated carbocycles. The van der Waals surface area contributed by atoms with Crippen molar-refractivity contribution in [2.75, 3.05) is 33.2 Å². The molecule has 0 bridgehead atoms. The molecule has 0 atom stereocenters. The highest BCUT2D eigenvalue weighted by Crippen LogP contribution is 2.47. The zero-order valence-corrected chi connectivity index (χ0v) is 13.9. The normalized spacial score (nSPS) is 13.0. The van der Waals surface area contributed by atoms with Gasteiger partial charge in [0, 0.05) is 23.0 Å². The van der Waals surface area contributed by atoms with Crippen LogP contribution in [0.4, 0.5) is 5.69 Å². The van der Waals surface area contributed by atoms with E-state index in [1.807, 2.05) is 6.07 Å². The van der Waals surface area contributed by atoms with Crippen molar-refractivity contribution in [3.63, 3.8) is 0 Å². The molecule has 1 heterocycles. The first kappa shape index (κ1) is 14.8. The summed E-state index contributed by atoms with van der Waals surface area (Å²) >= 11 is 0. The topological polar surface area (TPSA) is 60.0 Å². The first-order chi connectivity index (χ1) is 11.7. The molecular formula is C19H19NO4. The lowest BCUT2D eigenvalue weighted by Crippen LogP contribution is -2.12. The van der Waals surface area contributed by atoms with Gasteiger partial charge in [-0.1, -0.05) is 0 Å². The zero-order valence-electron chi connectivity index (χ0n) is 13.9. The number of fused-ring (bicyclic) bond motifs is 2. The minimum absolute atomic E-state index is 0.120. The molecule has 5 nitrogen and oxygen atoms in total. The number of anilines is 1. The summed E-state index contributed by atoms with van der Waals surface area (Å²) in [5, 5.41) is 17.6. The first-order valence-electron chi connectivity index (χ1n) is 7.83. The molecule has 0 amide bonds.